The molecule has 1 fully saturated rings. The second-order valence-corrected chi connectivity index (χ2v) is 5.27. The summed E-state index contributed by atoms with van der Waals surface area (Å²) in [6.07, 6.45) is 4.69. The molecule has 23 heavy (non-hydrogen) atoms. The quantitative estimate of drug-likeness (QED) is 0.268. The first-order valence-corrected chi connectivity index (χ1v) is 7.17. The van der Waals surface area contributed by atoms with Gasteiger partial charge in [-0.15, -0.1) is 0 Å². The van der Waals surface area contributed by atoms with Crippen molar-refractivity contribution in [2.24, 2.45) is 5.84 Å². The molecule has 0 unspecified atom stereocenters. The summed E-state index contributed by atoms with van der Waals surface area (Å²) in [5, 5.41) is 11.7. The van der Waals surface area contributed by atoms with Gasteiger partial charge in [-0.25, -0.2) is 15.6 Å². The number of carbonyl (C=O) groups is 3. The summed E-state index contributed by atoms with van der Waals surface area (Å²) in [7, 11) is 0. The van der Waals surface area contributed by atoms with Crippen molar-refractivity contribution in [3.05, 3.63) is 18.3 Å². The fraction of sp³-hybridized carbons (Fsp3) is 0.429. The lowest BCUT2D eigenvalue weighted by Crippen LogP contribution is -2.46. The minimum atomic E-state index is -1.25. The van der Waals surface area contributed by atoms with Crippen molar-refractivity contribution in [1.82, 2.24) is 10.4 Å². The number of hydrogen-bond acceptors (Lipinski definition) is 6. The molecule has 0 radical (unpaired) electrons. The van der Waals surface area contributed by atoms with Crippen molar-refractivity contribution in [3.8, 4) is 5.88 Å². The number of hydrazine groups is 1. The van der Waals surface area contributed by atoms with Crippen LogP contribution in [-0.4, -0.2) is 33.5 Å². The monoisotopic (exact) mass is 322 g/mol. The standard InChI is InChI=1S/C14H18N4O5/c15-18-12(20)11(19)17-9-4-5-10(16-8-9)23-14(13(21)22)6-2-1-3-7-14/h4-5,8H,1-3,6-7,15H2,(H,17,19)(H,18,20)(H,21,22). The number of nitrogens with one attached hydrogen (secondary N) is 2. The summed E-state index contributed by atoms with van der Waals surface area (Å²) < 4.78 is 5.61. The smallest absolute Gasteiger partial charge is 0.348 e. The molecule has 124 valence electrons. The van der Waals surface area contributed by atoms with E-state index in [1.165, 1.54) is 18.3 Å². The maximum Gasteiger partial charge on any atom is 0.348 e. The first kappa shape index (κ1) is 16.7. The second kappa shape index (κ2) is 7.05. The van der Waals surface area contributed by atoms with Gasteiger partial charge in [-0.2, -0.15) is 0 Å². The van der Waals surface area contributed by atoms with Crippen molar-refractivity contribution in [1.29, 1.82) is 0 Å². The molecule has 1 aromatic rings. The Kier molecular flexibility index (Phi) is 5.12. The Balaban J connectivity index is 2.05. The highest BCUT2D eigenvalue weighted by molar-refractivity contribution is 6.39. The van der Waals surface area contributed by atoms with E-state index in [2.05, 4.69) is 10.3 Å². The minimum Gasteiger partial charge on any atom is -0.478 e. The Bertz CT molecular complexity index is 596. The lowest BCUT2D eigenvalue weighted by atomic mass is 9.84. The van der Waals surface area contributed by atoms with E-state index in [0.29, 0.717) is 12.8 Å². The van der Waals surface area contributed by atoms with E-state index in [-0.39, 0.29) is 11.6 Å². The van der Waals surface area contributed by atoms with Crippen LogP contribution in [-0.2, 0) is 14.4 Å². The van der Waals surface area contributed by atoms with Gasteiger partial charge in [0.05, 0.1) is 11.9 Å². The number of carbonyl (C=O) groups excluding carboxylic acids is 2. The van der Waals surface area contributed by atoms with E-state index in [4.69, 9.17) is 10.6 Å². The fourth-order valence-electron chi connectivity index (χ4n) is 2.45. The second-order valence-electron chi connectivity index (χ2n) is 5.27. The van der Waals surface area contributed by atoms with Gasteiger partial charge in [-0.3, -0.25) is 15.0 Å². The third kappa shape index (κ3) is 3.95. The first-order chi connectivity index (χ1) is 11.0. The van der Waals surface area contributed by atoms with Crippen LogP contribution in [0.25, 0.3) is 0 Å². The predicted octanol–water partition coefficient (Wildman–Crippen LogP) is 0.176. The van der Waals surface area contributed by atoms with Crippen LogP contribution < -0.4 is 21.3 Å². The number of nitrogens with two attached hydrogens (primary N) is 1. The van der Waals surface area contributed by atoms with E-state index in [9.17, 15) is 19.5 Å². The Hall–Kier alpha value is -2.68. The molecule has 1 aromatic heterocycles. The van der Waals surface area contributed by atoms with Crippen LogP contribution in [0.5, 0.6) is 5.88 Å². The molecule has 2 amide bonds. The third-order valence-electron chi connectivity index (χ3n) is 3.68. The molecule has 0 aliphatic heterocycles. The normalized spacial score (nSPS) is 16.2. The summed E-state index contributed by atoms with van der Waals surface area (Å²) >= 11 is 0. The fourth-order valence-corrected chi connectivity index (χ4v) is 2.45. The van der Waals surface area contributed by atoms with Gasteiger partial charge in [0.15, 0.2) is 0 Å². The molecule has 5 N–H and O–H groups in total. The Morgan fingerprint density at radius 3 is 2.39 bits per heavy atom. The average Bonchev–Trinajstić information content (AvgIpc) is 2.56. The molecule has 9 heteroatoms. The molecular formula is C14H18N4O5. The highest BCUT2D eigenvalue weighted by Gasteiger charge is 2.42. The van der Waals surface area contributed by atoms with Gasteiger partial charge in [-0.1, -0.05) is 6.42 Å². The molecule has 2 rings (SSSR count). The summed E-state index contributed by atoms with van der Waals surface area (Å²) in [6, 6.07) is 2.90. The van der Waals surface area contributed by atoms with Gasteiger partial charge < -0.3 is 15.2 Å². The number of hydrogen-bond donors (Lipinski definition) is 4. The molecule has 1 saturated carbocycles. The zero-order valence-corrected chi connectivity index (χ0v) is 12.4. The Labute approximate surface area is 132 Å². The zero-order valence-electron chi connectivity index (χ0n) is 12.4. The van der Waals surface area contributed by atoms with Crippen LogP contribution in [0.3, 0.4) is 0 Å². The van der Waals surface area contributed by atoms with Gasteiger partial charge in [0, 0.05) is 6.07 Å². The van der Waals surface area contributed by atoms with Crippen molar-refractivity contribution < 1.29 is 24.2 Å². The Morgan fingerprint density at radius 2 is 1.87 bits per heavy atom. The molecule has 1 heterocycles. The molecule has 0 bridgehead atoms. The number of rotatable bonds is 4. The van der Waals surface area contributed by atoms with Gasteiger partial charge in [0.2, 0.25) is 11.5 Å². The van der Waals surface area contributed by atoms with Crippen molar-refractivity contribution in [2.75, 3.05) is 5.32 Å². The molecule has 1 aliphatic carbocycles. The van der Waals surface area contributed by atoms with Crippen LogP contribution in [0.1, 0.15) is 32.1 Å². The third-order valence-corrected chi connectivity index (χ3v) is 3.68. The number of pyridine rings is 1. The molecule has 0 atom stereocenters. The van der Waals surface area contributed by atoms with Gasteiger partial charge >= 0.3 is 17.8 Å². The number of carboxylic acid groups (broad SMARTS) is 1. The average molecular weight is 322 g/mol. The lowest BCUT2D eigenvalue weighted by Gasteiger charge is -2.33. The number of nitrogens with zero attached hydrogens (tertiary/aromatic N) is 1. The minimum absolute atomic E-state index is 0.149. The number of aliphatic carboxylic acids is 1. The zero-order chi connectivity index (χ0) is 16.9. The number of amides is 2. The maximum absolute atomic E-state index is 11.5. The topological polar surface area (TPSA) is 144 Å². The first-order valence-electron chi connectivity index (χ1n) is 7.17. The van der Waals surface area contributed by atoms with Crippen LogP contribution in [0.2, 0.25) is 0 Å². The highest BCUT2D eigenvalue weighted by Crippen LogP contribution is 2.32. The molecule has 0 spiro atoms. The molecule has 9 nitrogen and oxygen atoms in total. The predicted molar refractivity (Wildman–Crippen MR) is 79.3 cm³/mol. The van der Waals surface area contributed by atoms with E-state index in [1.54, 1.807) is 5.43 Å². The van der Waals surface area contributed by atoms with Gasteiger partial charge in [0.25, 0.3) is 0 Å². The van der Waals surface area contributed by atoms with Gasteiger partial charge in [-0.05, 0) is 31.7 Å². The summed E-state index contributed by atoms with van der Waals surface area (Å²) in [5.74, 6) is 2.07. The summed E-state index contributed by atoms with van der Waals surface area (Å²) in [4.78, 5) is 37.9. The van der Waals surface area contributed by atoms with Gasteiger partial charge in [0.1, 0.15) is 0 Å². The van der Waals surface area contributed by atoms with E-state index >= 15 is 0 Å². The molecule has 0 aromatic carbocycles. The van der Waals surface area contributed by atoms with E-state index in [1.807, 2.05) is 0 Å². The number of aromatic nitrogens is 1. The lowest BCUT2D eigenvalue weighted by molar-refractivity contribution is -0.158. The van der Waals surface area contributed by atoms with Crippen LogP contribution in [0.15, 0.2) is 18.3 Å². The number of ether oxygens (including phenoxy) is 1. The van der Waals surface area contributed by atoms with Crippen LogP contribution in [0.4, 0.5) is 5.69 Å². The Morgan fingerprint density at radius 1 is 1.17 bits per heavy atom. The van der Waals surface area contributed by atoms with Crippen molar-refractivity contribution >= 4 is 23.5 Å². The number of carboxylic acids is 1. The van der Waals surface area contributed by atoms with Crippen LogP contribution in [0, 0.1) is 0 Å². The summed E-state index contributed by atoms with van der Waals surface area (Å²) in [5.41, 5.74) is 0.715. The maximum atomic E-state index is 11.5. The molecule has 0 saturated heterocycles. The van der Waals surface area contributed by atoms with E-state index in [0.717, 1.165) is 19.3 Å². The molecular weight excluding hydrogens is 304 g/mol. The highest BCUT2D eigenvalue weighted by atomic mass is 16.5. The summed E-state index contributed by atoms with van der Waals surface area (Å²) in [6.45, 7) is 0. The number of anilines is 1. The SMILES string of the molecule is NNC(=O)C(=O)Nc1ccc(OC2(C(=O)O)CCCCC2)nc1. The van der Waals surface area contributed by atoms with Crippen molar-refractivity contribution in [2.45, 2.75) is 37.7 Å². The van der Waals surface area contributed by atoms with E-state index < -0.39 is 23.4 Å². The largest absolute Gasteiger partial charge is 0.478 e. The van der Waals surface area contributed by atoms with Crippen molar-refractivity contribution in [3.63, 3.8) is 0 Å². The molecule has 1 aliphatic rings. The van der Waals surface area contributed by atoms with Crippen LogP contribution >= 0.6 is 0 Å².